The molecular weight excluding hydrogens is 300 g/mol. The van der Waals surface area contributed by atoms with Gasteiger partial charge in [0.2, 0.25) is 0 Å². The Bertz CT molecular complexity index is 415. The third-order valence-corrected chi connectivity index (χ3v) is 3.40. The van der Waals surface area contributed by atoms with Gasteiger partial charge in [0.05, 0.1) is 0 Å². The van der Waals surface area contributed by atoms with Crippen LogP contribution in [-0.4, -0.2) is 12.2 Å². The zero-order valence-corrected chi connectivity index (χ0v) is 15.2. The van der Waals surface area contributed by atoms with Gasteiger partial charge in [-0.3, -0.25) is 0 Å². The number of hydrogen-bond donors (Lipinski definition) is 1. The van der Waals surface area contributed by atoms with Crippen LogP contribution in [0.25, 0.3) is 0 Å². The Hall–Kier alpha value is -0.960. The van der Waals surface area contributed by atoms with Crippen LogP contribution in [0.1, 0.15) is 33.3 Å². The lowest BCUT2D eigenvalue weighted by Crippen LogP contribution is -1.78. The molecule has 2 aromatic carbocycles. The van der Waals surface area contributed by atoms with Crippen LogP contribution in [0.4, 0.5) is 0 Å². The normalized spacial score (nSPS) is 8.14. The highest BCUT2D eigenvalue weighted by Crippen LogP contribution is 2.23. The van der Waals surface area contributed by atoms with Crippen molar-refractivity contribution >= 4 is 23.4 Å². The van der Waals surface area contributed by atoms with Gasteiger partial charge >= 0.3 is 0 Å². The second kappa shape index (κ2) is 17.1. The minimum atomic E-state index is 0.791. The quantitative estimate of drug-likeness (QED) is 0.668. The maximum Gasteiger partial charge on any atom is 0.0406 e. The molecule has 0 aromatic heterocycles. The van der Waals surface area contributed by atoms with Crippen molar-refractivity contribution in [2.24, 2.45) is 0 Å². The van der Waals surface area contributed by atoms with Crippen LogP contribution in [0, 0.1) is 0 Å². The van der Waals surface area contributed by atoms with Crippen LogP contribution < -0.4 is 0 Å². The summed E-state index contributed by atoms with van der Waals surface area (Å²) in [4.78, 5) is 1.25. The van der Waals surface area contributed by atoms with Gasteiger partial charge in [-0.1, -0.05) is 69.6 Å². The van der Waals surface area contributed by atoms with Gasteiger partial charge in [-0.25, -0.2) is 0 Å². The maximum atomic E-state index is 7.00. The van der Waals surface area contributed by atoms with E-state index in [-0.39, 0.29) is 0 Å². The summed E-state index contributed by atoms with van der Waals surface area (Å²) in [5, 5.41) is 7.79. The van der Waals surface area contributed by atoms with Crippen LogP contribution in [-0.2, 0) is 5.75 Å². The van der Waals surface area contributed by atoms with Gasteiger partial charge in [0, 0.05) is 22.8 Å². The molecule has 3 heteroatoms. The van der Waals surface area contributed by atoms with Gasteiger partial charge in [-0.15, -0.1) is 11.8 Å². The van der Waals surface area contributed by atoms with E-state index in [0.717, 1.165) is 17.9 Å². The molecular formula is C18H27ClOS. The van der Waals surface area contributed by atoms with E-state index in [1.165, 1.54) is 10.5 Å². The number of benzene rings is 2. The molecule has 0 aliphatic heterocycles. The number of thioether (sulfide) groups is 1. The third-order valence-electron chi connectivity index (χ3n) is 2.06. The summed E-state index contributed by atoms with van der Waals surface area (Å²) in [6.07, 6.45) is 0. The molecule has 0 unspecified atom stereocenters. The van der Waals surface area contributed by atoms with Crippen molar-refractivity contribution in [1.29, 1.82) is 0 Å². The number of hydrogen-bond acceptors (Lipinski definition) is 2. The first-order chi connectivity index (χ1) is 10.3. The molecule has 0 atom stereocenters. The lowest BCUT2D eigenvalue weighted by atomic mass is 10.2. The Labute approximate surface area is 139 Å². The van der Waals surface area contributed by atoms with Crippen molar-refractivity contribution in [3.05, 3.63) is 65.2 Å². The topological polar surface area (TPSA) is 20.2 Å². The van der Waals surface area contributed by atoms with Gasteiger partial charge in [0.25, 0.3) is 0 Å². The van der Waals surface area contributed by atoms with E-state index in [1.54, 1.807) is 0 Å². The number of rotatable bonds is 3. The van der Waals surface area contributed by atoms with Gasteiger partial charge in [0.1, 0.15) is 0 Å². The molecule has 0 saturated heterocycles. The Morgan fingerprint density at radius 1 is 0.810 bits per heavy atom. The molecule has 2 rings (SSSR count). The average molecular weight is 327 g/mol. The molecule has 1 nitrogen and oxygen atoms in total. The molecule has 0 bridgehead atoms. The van der Waals surface area contributed by atoms with E-state index in [1.807, 2.05) is 57.7 Å². The Morgan fingerprint density at radius 2 is 1.29 bits per heavy atom. The molecule has 0 saturated carbocycles. The van der Waals surface area contributed by atoms with Crippen LogP contribution in [0.2, 0.25) is 5.02 Å². The maximum absolute atomic E-state index is 7.00. The van der Waals surface area contributed by atoms with Crippen molar-refractivity contribution in [3.8, 4) is 0 Å². The largest absolute Gasteiger partial charge is 0.400 e. The summed E-state index contributed by atoms with van der Waals surface area (Å²) in [5.41, 5.74) is 1.34. The number of aliphatic hydroxyl groups is 1. The lowest BCUT2D eigenvalue weighted by Gasteiger charge is -2.01. The SMILES string of the molecule is CC.CC.CO.Clc1ccc(SCc2ccccc2)cc1. The molecule has 118 valence electrons. The first-order valence-electron chi connectivity index (χ1n) is 7.21. The molecule has 1 N–H and O–H groups in total. The van der Waals surface area contributed by atoms with Gasteiger partial charge in [-0.05, 0) is 29.8 Å². The fraction of sp³-hybridized carbons (Fsp3) is 0.333. The molecule has 21 heavy (non-hydrogen) atoms. The fourth-order valence-corrected chi connectivity index (χ4v) is 2.25. The summed E-state index contributed by atoms with van der Waals surface area (Å²) in [5.74, 6) is 1.00. The Balaban J connectivity index is 0. The summed E-state index contributed by atoms with van der Waals surface area (Å²) in [7, 11) is 1.00. The Kier molecular flexibility index (Phi) is 18.2. The molecule has 2 aromatic rings. The molecule has 0 aliphatic rings. The van der Waals surface area contributed by atoms with Crippen molar-refractivity contribution in [1.82, 2.24) is 0 Å². The summed E-state index contributed by atoms with van der Waals surface area (Å²) >= 11 is 7.64. The van der Waals surface area contributed by atoms with E-state index in [0.29, 0.717) is 0 Å². The minimum Gasteiger partial charge on any atom is -0.400 e. The smallest absolute Gasteiger partial charge is 0.0406 e. The first kappa shape index (κ1) is 22.3. The molecule has 0 heterocycles. The molecule has 0 aliphatic carbocycles. The van der Waals surface area contributed by atoms with Crippen LogP contribution in [0.15, 0.2) is 59.5 Å². The van der Waals surface area contributed by atoms with Crippen LogP contribution >= 0.6 is 23.4 Å². The second-order valence-electron chi connectivity index (χ2n) is 3.23. The Morgan fingerprint density at radius 3 is 1.76 bits per heavy atom. The first-order valence-corrected chi connectivity index (χ1v) is 8.58. The number of halogens is 1. The highest BCUT2D eigenvalue weighted by molar-refractivity contribution is 7.98. The monoisotopic (exact) mass is 326 g/mol. The predicted octanol–water partition coefficient (Wildman–Crippen LogP) is 6.29. The predicted molar refractivity (Wildman–Crippen MR) is 98.3 cm³/mol. The molecule has 0 fully saturated rings. The van der Waals surface area contributed by atoms with Gasteiger partial charge < -0.3 is 5.11 Å². The van der Waals surface area contributed by atoms with Crippen molar-refractivity contribution in [3.63, 3.8) is 0 Å². The van der Waals surface area contributed by atoms with Crippen molar-refractivity contribution < 1.29 is 5.11 Å². The van der Waals surface area contributed by atoms with Crippen molar-refractivity contribution in [2.75, 3.05) is 7.11 Å². The van der Waals surface area contributed by atoms with E-state index >= 15 is 0 Å². The molecule has 0 amide bonds. The standard InChI is InChI=1S/C13H11ClS.2C2H6.CH4O/c14-12-6-8-13(9-7-12)15-10-11-4-2-1-3-5-11;3*1-2/h1-9H,10H2;2*1-2H3;2H,1H3. The van der Waals surface area contributed by atoms with Gasteiger partial charge in [-0.2, -0.15) is 0 Å². The van der Waals surface area contributed by atoms with Crippen molar-refractivity contribution in [2.45, 2.75) is 38.3 Å². The van der Waals surface area contributed by atoms with Gasteiger partial charge in [0.15, 0.2) is 0 Å². The summed E-state index contributed by atoms with van der Waals surface area (Å²) in [6, 6.07) is 18.4. The fourth-order valence-electron chi connectivity index (χ4n) is 1.27. The molecule has 0 spiro atoms. The number of aliphatic hydroxyl groups excluding tert-OH is 1. The highest BCUT2D eigenvalue weighted by atomic mass is 35.5. The second-order valence-corrected chi connectivity index (χ2v) is 4.71. The average Bonchev–Trinajstić information content (AvgIpc) is 2.61. The zero-order chi connectivity index (χ0) is 16.5. The van der Waals surface area contributed by atoms with Crippen LogP contribution in [0.3, 0.4) is 0 Å². The third kappa shape index (κ3) is 11.4. The zero-order valence-electron chi connectivity index (χ0n) is 13.6. The highest BCUT2D eigenvalue weighted by Gasteiger charge is 1.95. The van der Waals surface area contributed by atoms with Crippen LogP contribution in [0.5, 0.6) is 0 Å². The lowest BCUT2D eigenvalue weighted by molar-refractivity contribution is 0.399. The minimum absolute atomic E-state index is 0.791. The van der Waals surface area contributed by atoms with E-state index < -0.39 is 0 Å². The van der Waals surface area contributed by atoms with E-state index in [9.17, 15) is 0 Å². The van der Waals surface area contributed by atoms with E-state index in [4.69, 9.17) is 16.7 Å². The molecule has 0 radical (unpaired) electrons. The summed E-state index contributed by atoms with van der Waals surface area (Å²) < 4.78 is 0. The summed E-state index contributed by atoms with van der Waals surface area (Å²) in [6.45, 7) is 8.00. The van der Waals surface area contributed by atoms with E-state index in [2.05, 4.69) is 36.4 Å².